The number of benzene rings is 2. The molecule has 7 nitrogen and oxygen atoms in total. The molecule has 162 valence electrons. The van der Waals surface area contributed by atoms with Gasteiger partial charge in [0.2, 0.25) is 0 Å². The van der Waals surface area contributed by atoms with E-state index in [1.165, 1.54) is 0 Å². The van der Waals surface area contributed by atoms with E-state index in [4.69, 9.17) is 9.84 Å². The maximum absolute atomic E-state index is 12.8. The van der Waals surface area contributed by atoms with E-state index in [-0.39, 0.29) is 6.03 Å². The molecule has 1 N–H and O–H groups in total. The van der Waals surface area contributed by atoms with E-state index < -0.39 is 0 Å². The van der Waals surface area contributed by atoms with Gasteiger partial charge in [-0.3, -0.25) is 0 Å². The van der Waals surface area contributed by atoms with Gasteiger partial charge >= 0.3 is 6.03 Å². The zero-order valence-corrected chi connectivity index (χ0v) is 18.3. The van der Waals surface area contributed by atoms with Gasteiger partial charge in [-0.2, -0.15) is 5.10 Å². The van der Waals surface area contributed by atoms with Crippen LogP contribution in [0.25, 0.3) is 5.69 Å². The number of piperazine rings is 1. The third-order valence-electron chi connectivity index (χ3n) is 5.57. The summed E-state index contributed by atoms with van der Waals surface area (Å²) < 4.78 is 7.61. The Balaban J connectivity index is 1.43. The lowest BCUT2D eigenvalue weighted by Gasteiger charge is -2.36. The number of rotatable bonds is 5. The fraction of sp³-hybridized carbons (Fsp3) is 0.333. The standard InChI is InChI=1S/C24H29N5O2/c1-4-31-22-13-9-8-12-21(22)25-24(30)28-16-14-27(15-17-28)23-18(2)26-29(19(23)3)20-10-6-5-7-11-20/h5-13H,4,14-17H2,1-3H3,(H,25,30). The molecule has 1 saturated heterocycles. The van der Waals surface area contributed by atoms with Crippen molar-refractivity contribution in [3.05, 3.63) is 66.0 Å². The summed E-state index contributed by atoms with van der Waals surface area (Å²) in [5.74, 6) is 0.691. The van der Waals surface area contributed by atoms with Crippen LogP contribution in [0.5, 0.6) is 5.75 Å². The van der Waals surface area contributed by atoms with Crippen molar-refractivity contribution < 1.29 is 9.53 Å². The van der Waals surface area contributed by atoms with Gasteiger partial charge < -0.3 is 19.9 Å². The van der Waals surface area contributed by atoms with Gasteiger partial charge in [0.05, 0.1) is 35.1 Å². The Kier molecular flexibility index (Phi) is 6.11. The first kappa shape index (κ1) is 20.8. The Labute approximate surface area is 183 Å². The van der Waals surface area contributed by atoms with E-state index in [1.807, 2.05) is 65.9 Å². The van der Waals surface area contributed by atoms with Crippen molar-refractivity contribution in [3.8, 4) is 11.4 Å². The minimum absolute atomic E-state index is 0.0970. The van der Waals surface area contributed by atoms with Crippen LogP contribution >= 0.6 is 0 Å². The highest BCUT2D eigenvalue weighted by molar-refractivity contribution is 5.91. The third kappa shape index (κ3) is 4.35. The minimum Gasteiger partial charge on any atom is -0.492 e. The summed E-state index contributed by atoms with van der Waals surface area (Å²) in [6.45, 7) is 9.47. The zero-order chi connectivity index (χ0) is 21.8. The Bertz CT molecular complexity index is 1040. The summed E-state index contributed by atoms with van der Waals surface area (Å²) in [5.41, 5.74) is 5.04. The largest absolute Gasteiger partial charge is 0.492 e. The van der Waals surface area contributed by atoms with Gasteiger partial charge in [-0.25, -0.2) is 9.48 Å². The molecule has 0 bridgehead atoms. The molecule has 2 amide bonds. The van der Waals surface area contributed by atoms with Gasteiger partial charge in [0.25, 0.3) is 0 Å². The van der Waals surface area contributed by atoms with Crippen LogP contribution in [0.15, 0.2) is 54.6 Å². The number of nitrogens with zero attached hydrogens (tertiary/aromatic N) is 4. The summed E-state index contributed by atoms with van der Waals surface area (Å²) in [6, 6.07) is 17.6. The number of urea groups is 1. The first-order valence-corrected chi connectivity index (χ1v) is 10.7. The van der Waals surface area contributed by atoms with Crippen LogP contribution in [-0.2, 0) is 0 Å². The Morgan fingerprint density at radius 1 is 1.00 bits per heavy atom. The average molecular weight is 420 g/mol. The molecule has 31 heavy (non-hydrogen) atoms. The molecule has 0 spiro atoms. The Morgan fingerprint density at radius 3 is 2.39 bits per heavy atom. The van der Waals surface area contributed by atoms with E-state index in [0.29, 0.717) is 31.1 Å². The molecule has 0 aliphatic carbocycles. The van der Waals surface area contributed by atoms with Crippen LogP contribution in [0.4, 0.5) is 16.2 Å². The molecule has 2 aromatic carbocycles. The van der Waals surface area contributed by atoms with Crippen molar-refractivity contribution in [1.29, 1.82) is 0 Å². The van der Waals surface area contributed by atoms with Crippen LogP contribution in [0.3, 0.4) is 0 Å². The predicted octanol–water partition coefficient (Wildman–Crippen LogP) is 4.24. The number of carbonyl (C=O) groups is 1. The van der Waals surface area contributed by atoms with Crippen LogP contribution in [-0.4, -0.2) is 53.5 Å². The number of aromatic nitrogens is 2. The average Bonchev–Trinajstić information content (AvgIpc) is 3.10. The molecule has 1 fully saturated rings. The van der Waals surface area contributed by atoms with E-state index in [0.717, 1.165) is 35.9 Å². The van der Waals surface area contributed by atoms with Crippen molar-refractivity contribution in [3.63, 3.8) is 0 Å². The normalized spacial score (nSPS) is 13.9. The number of aryl methyl sites for hydroxylation is 1. The number of para-hydroxylation sites is 3. The third-order valence-corrected chi connectivity index (χ3v) is 5.57. The lowest BCUT2D eigenvalue weighted by Crippen LogP contribution is -2.50. The van der Waals surface area contributed by atoms with Crippen molar-refractivity contribution in [2.24, 2.45) is 0 Å². The summed E-state index contributed by atoms with van der Waals surface area (Å²) in [7, 11) is 0. The van der Waals surface area contributed by atoms with Gasteiger partial charge in [0, 0.05) is 26.2 Å². The monoisotopic (exact) mass is 419 g/mol. The second-order valence-corrected chi connectivity index (χ2v) is 7.60. The fourth-order valence-corrected chi connectivity index (χ4v) is 4.09. The smallest absolute Gasteiger partial charge is 0.322 e. The number of nitrogens with one attached hydrogen (secondary N) is 1. The lowest BCUT2D eigenvalue weighted by atomic mass is 10.2. The Hall–Kier alpha value is -3.48. The van der Waals surface area contributed by atoms with Crippen molar-refractivity contribution >= 4 is 17.4 Å². The second kappa shape index (κ2) is 9.12. The van der Waals surface area contributed by atoms with E-state index in [1.54, 1.807) is 0 Å². The van der Waals surface area contributed by atoms with Crippen LogP contribution < -0.4 is 15.0 Å². The number of amides is 2. The molecule has 4 rings (SSSR count). The summed E-state index contributed by atoms with van der Waals surface area (Å²) >= 11 is 0. The van der Waals surface area contributed by atoms with Gasteiger partial charge in [-0.15, -0.1) is 0 Å². The second-order valence-electron chi connectivity index (χ2n) is 7.60. The summed E-state index contributed by atoms with van der Waals surface area (Å²) in [6.07, 6.45) is 0. The first-order valence-electron chi connectivity index (χ1n) is 10.7. The number of anilines is 2. The first-order chi connectivity index (χ1) is 15.1. The van der Waals surface area contributed by atoms with Gasteiger partial charge in [-0.1, -0.05) is 30.3 Å². The van der Waals surface area contributed by atoms with Gasteiger partial charge in [0.1, 0.15) is 5.75 Å². The van der Waals surface area contributed by atoms with Crippen molar-refractivity contribution in [2.75, 3.05) is 43.0 Å². The molecule has 7 heteroatoms. The molecular weight excluding hydrogens is 390 g/mol. The Morgan fingerprint density at radius 2 is 1.68 bits per heavy atom. The molecule has 1 aromatic heterocycles. The molecule has 0 saturated carbocycles. The van der Waals surface area contributed by atoms with Crippen LogP contribution in [0.2, 0.25) is 0 Å². The highest BCUT2D eigenvalue weighted by Crippen LogP contribution is 2.28. The fourth-order valence-electron chi connectivity index (χ4n) is 4.09. The number of hydrogen-bond acceptors (Lipinski definition) is 4. The number of hydrogen-bond donors (Lipinski definition) is 1. The van der Waals surface area contributed by atoms with Gasteiger partial charge in [0.15, 0.2) is 0 Å². The summed E-state index contributed by atoms with van der Waals surface area (Å²) in [4.78, 5) is 17.0. The van der Waals surface area contributed by atoms with Gasteiger partial charge in [-0.05, 0) is 45.0 Å². The topological polar surface area (TPSA) is 62.6 Å². The molecular formula is C24H29N5O2. The summed E-state index contributed by atoms with van der Waals surface area (Å²) in [5, 5.41) is 7.76. The molecule has 1 aliphatic heterocycles. The maximum atomic E-state index is 12.8. The van der Waals surface area contributed by atoms with Crippen molar-refractivity contribution in [1.82, 2.24) is 14.7 Å². The highest BCUT2D eigenvalue weighted by Gasteiger charge is 2.26. The van der Waals surface area contributed by atoms with E-state index >= 15 is 0 Å². The molecule has 2 heterocycles. The molecule has 1 aliphatic rings. The SMILES string of the molecule is CCOc1ccccc1NC(=O)N1CCN(c2c(C)nn(-c3ccccc3)c2C)CC1. The molecule has 0 radical (unpaired) electrons. The lowest BCUT2D eigenvalue weighted by molar-refractivity contribution is 0.208. The van der Waals surface area contributed by atoms with E-state index in [9.17, 15) is 4.79 Å². The quantitative estimate of drug-likeness (QED) is 0.672. The molecule has 3 aromatic rings. The highest BCUT2D eigenvalue weighted by atomic mass is 16.5. The zero-order valence-electron chi connectivity index (χ0n) is 18.3. The number of ether oxygens (including phenoxy) is 1. The van der Waals surface area contributed by atoms with Crippen LogP contribution in [0.1, 0.15) is 18.3 Å². The van der Waals surface area contributed by atoms with Crippen LogP contribution in [0, 0.1) is 13.8 Å². The number of carbonyl (C=O) groups excluding carboxylic acids is 1. The van der Waals surface area contributed by atoms with E-state index in [2.05, 4.69) is 29.3 Å². The predicted molar refractivity (Wildman–Crippen MR) is 123 cm³/mol. The molecule has 0 unspecified atom stereocenters. The van der Waals surface area contributed by atoms with Crippen molar-refractivity contribution in [2.45, 2.75) is 20.8 Å². The minimum atomic E-state index is -0.0970. The maximum Gasteiger partial charge on any atom is 0.322 e. The molecule has 0 atom stereocenters.